The predicted octanol–water partition coefficient (Wildman–Crippen LogP) is 1.58. The van der Waals surface area contributed by atoms with Crippen molar-refractivity contribution >= 4 is 11.6 Å². The first-order valence-corrected chi connectivity index (χ1v) is 6.79. The van der Waals surface area contributed by atoms with Crippen LogP contribution in [0, 0.1) is 5.92 Å². The van der Waals surface area contributed by atoms with E-state index in [0.717, 1.165) is 0 Å². The third-order valence-corrected chi connectivity index (χ3v) is 3.03. The highest BCUT2D eigenvalue weighted by Gasteiger charge is 2.20. The van der Waals surface area contributed by atoms with Gasteiger partial charge >= 0.3 is 0 Å². The number of ether oxygens (including phenoxy) is 1. The van der Waals surface area contributed by atoms with Crippen LogP contribution in [0.5, 0.6) is 0 Å². The Morgan fingerprint density at radius 1 is 1.40 bits per heavy atom. The van der Waals surface area contributed by atoms with Crippen molar-refractivity contribution in [2.75, 3.05) is 19.5 Å². The summed E-state index contributed by atoms with van der Waals surface area (Å²) in [6.07, 6.45) is 1.48. The average molecular weight is 280 g/mol. The summed E-state index contributed by atoms with van der Waals surface area (Å²) in [6.45, 7) is 8.43. The summed E-state index contributed by atoms with van der Waals surface area (Å²) in [5.41, 5.74) is 6.31. The van der Waals surface area contributed by atoms with E-state index in [1.807, 2.05) is 27.7 Å². The van der Waals surface area contributed by atoms with Crippen molar-refractivity contribution in [1.82, 2.24) is 15.3 Å². The van der Waals surface area contributed by atoms with Crippen LogP contribution >= 0.6 is 0 Å². The first kappa shape index (κ1) is 16.4. The molecule has 1 aromatic heterocycles. The molecular weight excluding hydrogens is 256 g/mol. The predicted molar refractivity (Wildman–Crippen MR) is 78.5 cm³/mol. The smallest absolute Gasteiger partial charge is 0.272 e. The molecule has 1 heterocycles. The molecule has 1 aromatic rings. The van der Waals surface area contributed by atoms with Crippen molar-refractivity contribution in [3.63, 3.8) is 0 Å². The van der Waals surface area contributed by atoms with E-state index < -0.39 is 0 Å². The average Bonchev–Trinajstić information content (AvgIpc) is 2.38. The van der Waals surface area contributed by atoms with E-state index >= 15 is 0 Å². The first-order chi connectivity index (χ1) is 9.36. The number of carbonyl (C=O) groups excluding carboxylic acids is 1. The lowest BCUT2D eigenvalue weighted by Crippen LogP contribution is -2.42. The molecule has 6 heteroatoms. The summed E-state index contributed by atoms with van der Waals surface area (Å²) in [5.74, 6) is 0.716. The Morgan fingerprint density at radius 3 is 2.55 bits per heavy atom. The fraction of sp³-hybridized carbons (Fsp3) is 0.643. The van der Waals surface area contributed by atoms with E-state index in [0.29, 0.717) is 12.4 Å². The Balaban J connectivity index is 2.93. The Kier molecular flexibility index (Phi) is 5.88. The highest BCUT2D eigenvalue weighted by Crippen LogP contribution is 2.14. The van der Waals surface area contributed by atoms with E-state index in [2.05, 4.69) is 15.3 Å². The standard InChI is InChI=1S/C14H24N4O2/c1-8(2)11(7-20-5)17-14(19)12-10(15)6-16-13(18-12)9(3)4/h6,8-9,11H,7,15H2,1-5H3,(H,17,19). The number of nitrogens with one attached hydrogen (secondary N) is 1. The second-order valence-electron chi connectivity index (χ2n) is 5.47. The third kappa shape index (κ3) is 4.16. The van der Waals surface area contributed by atoms with E-state index in [9.17, 15) is 4.79 Å². The molecule has 0 aliphatic carbocycles. The van der Waals surface area contributed by atoms with Gasteiger partial charge in [0.25, 0.3) is 5.91 Å². The molecule has 3 N–H and O–H groups in total. The molecule has 0 bridgehead atoms. The van der Waals surface area contributed by atoms with Crippen LogP contribution in [0.15, 0.2) is 6.20 Å². The molecule has 0 saturated heterocycles. The molecule has 1 unspecified atom stereocenters. The van der Waals surface area contributed by atoms with Crippen molar-refractivity contribution in [2.24, 2.45) is 5.92 Å². The number of carbonyl (C=O) groups is 1. The molecule has 0 saturated carbocycles. The molecule has 0 aliphatic rings. The van der Waals surface area contributed by atoms with E-state index in [1.165, 1.54) is 6.20 Å². The number of nitrogens with zero attached hydrogens (tertiary/aromatic N) is 2. The van der Waals surface area contributed by atoms with Crippen LogP contribution in [-0.2, 0) is 4.74 Å². The molecule has 112 valence electrons. The molecule has 1 amide bonds. The minimum absolute atomic E-state index is 0.0793. The summed E-state index contributed by atoms with van der Waals surface area (Å²) in [5, 5.41) is 2.91. The number of amides is 1. The highest BCUT2D eigenvalue weighted by atomic mass is 16.5. The number of nitrogens with two attached hydrogens (primary N) is 1. The fourth-order valence-corrected chi connectivity index (χ4v) is 1.68. The summed E-state index contributed by atoms with van der Waals surface area (Å²) in [7, 11) is 1.61. The molecule has 1 atom stereocenters. The lowest BCUT2D eigenvalue weighted by molar-refractivity contribution is 0.0862. The van der Waals surface area contributed by atoms with Crippen molar-refractivity contribution in [3.05, 3.63) is 17.7 Å². The van der Waals surface area contributed by atoms with Crippen LogP contribution in [0.3, 0.4) is 0 Å². The van der Waals surface area contributed by atoms with Crippen molar-refractivity contribution in [1.29, 1.82) is 0 Å². The normalized spacial score (nSPS) is 12.8. The summed E-state index contributed by atoms with van der Waals surface area (Å²) < 4.78 is 5.12. The van der Waals surface area contributed by atoms with Gasteiger partial charge in [0.15, 0.2) is 5.69 Å². The van der Waals surface area contributed by atoms with Gasteiger partial charge in [-0.1, -0.05) is 27.7 Å². The second kappa shape index (κ2) is 7.19. The van der Waals surface area contributed by atoms with Gasteiger partial charge in [0.05, 0.1) is 24.5 Å². The van der Waals surface area contributed by atoms with Gasteiger partial charge in [-0.05, 0) is 5.92 Å². The monoisotopic (exact) mass is 280 g/mol. The zero-order chi connectivity index (χ0) is 15.3. The van der Waals surface area contributed by atoms with Gasteiger partial charge < -0.3 is 15.8 Å². The molecule has 6 nitrogen and oxygen atoms in total. The van der Waals surface area contributed by atoms with E-state index in [-0.39, 0.29) is 35.2 Å². The highest BCUT2D eigenvalue weighted by molar-refractivity contribution is 5.97. The Labute approximate surface area is 120 Å². The minimum atomic E-state index is -0.289. The molecular formula is C14H24N4O2. The SMILES string of the molecule is COCC(NC(=O)c1nc(C(C)C)ncc1N)C(C)C. The van der Waals surface area contributed by atoms with Gasteiger partial charge in [-0.25, -0.2) is 9.97 Å². The maximum atomic E-state index is 12.3. The van der Waals surface area contributed by atoms with E-state index in [1.54, 1.807) is 7.11 Å². The number of hydrogen-bond donors (Lipinski definition) is 2. The van der Waals surface area contributed by atoms with Crippen molar-refractivity contribution in [3.8, 4) is 0 Å². The fourth-order valence-electron chi connectivity index (χ4n) is 1.68. The van der Waals surface area contributed by atoms with E-state index in [4.69, 9.17) is 10.5 Å². The van der Waals surface area contributed by atoms with Crippen LogP contribution in [-0.4, -0.2) is 35.6 Å². The zero-order valence-corrected chi connectivity index (χ0v) is 12.8. The van der Waals surface area contributed by atoms with Gasteiger partial charge in [-0.15, -0.1) is 0 Å². The third-order valence-electron chi connectivity index (χ3n) is 3.03. The Hall–Kier alpha value is -1.69. The summed E-state index contributed by atoms with van der Waals surface area (Å²) >= 11 is 0. The number of hydrogen-bond acceptors (Lipinski definition) is 5. The van der Waals surface area contributed by atoms with Gasteiger partial charge in [0.2, 0.25) is 0 Å². The van der Waals surface area contributed by atoms with Crippen molar-refractivity contribution < 1.29 is 9.53 Å². The maximum Gasteiger partial charge on any atom is 0.272 e. The van der Waals surface area contributed by atoms with Gasteiger partial charge in [-0.2, -0.15) is 0 Å². The van der Waals surface area contributed by atoms with Crippen molar-refractivity contribution in [2.45, 2.75) is 39.7 Å². The number of aromatic nitrogens is 2. The zero-order valence-electron chi connectivity index (χ0n) is 12.8. The Morgan fingerprint density at radius 2 is 2.05 bits per heavy atom. The number of anilines is 1. The summed E-state index contributed by atoms with van der Waals surface area (Å²) in [6, 6.07) is -0.0793. The maximum absolute atomic E-state index is 12.3. The first-order valence-electron chi connectivity index (χ1n) is 6.79. The molecule has 0 fully saturated rings. The van der Waals surface area contributed by atoms with Crippen LogP contribution in [0.4, 0.5) is 5.69 Å². The lowest BCUT2D eigenvalue weighted by atomic mass is 10.1. The molecule has 0 aliphatic heterocycles. The lowest BCUT2D eigenvalue weighted by Gasteiger charge is -2.21. The quantitative estimate of drug-likeness (QED) is 0.825. The van der Waals surface area contributed by atoms with Crippen LogP contribution in [0.1, 0.15) is 49.9 Å². The molecule has 1 rings (SSSR count). The number of nitrogen functional groups attached to an aromatic ring is 1. The second-order valence-corrected chi connectivity index (χ2v) is 5.47. The number of rotatable bonds is 6. The molecule has 0 radical (unpaired) electrons. The molecule has 0 aromatic carbocycles. The largest absolute Gasteiger partial charge is 0.396 e. The van der Waals surface area contributed by atoms with Gasteiger partial charge in [0.1, 0.15) is 5.82 Å². The van der Waals surface area contributed by atoms with Crippen LogP contribution in [0.25, 0.3) is 0 Å². The van der Waals surface area contributed by atoms with Gasteiger partial charge in [0, 0.05) is 13.0 Å². The number of methoxy groups -OCH3 is 1. The minimum Gasteiger partial charge on any atom is -0.396 e. The molecule has 0 spiro atoms. The van der Waals surface area contributed by atoms with Crippen LogP contribution < -0.4 is 11.1 Å². The van der Waals surface area contributed by atoms with Crippen LogP contribution in [0.2, 0.25) is 0 Å². The van der Waals surface area contributed by atoms with Gasteiger partial charge in [-0.3, -0.25) is 4.79 Å². The Bertz CT molecular complexity index is 460. The topological polar surface area (TPSA) is 90.1 Å². The molecule has 20 heavy (non-hydrogen) atoms. The summed E-state index contributed by atoms with van der Waals surface area (Å²) in [4.78, 5) is 20.7.